The zero-order chi connectivity index (χ0) is 21.6. The van der Waals surface area contributed by atoms with E-state index in [1.807, 2.05) is 0 Å². The van der Waals surface area contributed by atoms with Crippen LogP contribution in [0.5, 0.6) is 0 Å². The molecule has 1 aliphatic heterocycles. The van der Waals surface area contributed by atoms with Crippen LogP contribution in [0.2, 0.25) is 0 Å². The molecule has 7 heteroatoms. The fourth-order valence-electron chi connectivity index (χ4n) is 4.32. The number of thiophene rings is 1. The summed E-state index contributed by atoms with van der Waals surface area (Å²) in [5.41, 5.74) is 2.18. The van der Waals surface area contributed by atoms with Crippen LogP contribution in [-0.4, -0.2) is 28.7 Å². The highest BCUT2D eigenvalue weighted by Gasteiger charge is 2.44. The minimum Gasteiger partial charge on any atom is -0.315 e. The Labute approximate surface area is 179 Å². The number of benzene rings is 1. The van der Waals surface area contributed by atoms with Gasteiger partial charge in [0, 0.05) is 4.88 Å². The van der Waals surface area contributed by atoms with Crippen molar-refractivity contribution in [1.29, 1.82) is 5.26 Å². The van der Waals surface area contributed by atoms with E-state index < -0.39 is 23.8 Å². The second-order valence-electron chi connectivity index (χ2n) is 8.37. The van der Waals surface area contributed by atoms with Crippen molar-refractivity contribution in [1.82, 2.24) is 4.90 Å². The minimum atomic E-state index is -0.956. The molecule has 0 bridgehead atoms. The minimum absolute atomic E-state index is 0.285. The van der Waals surface area contributed by atoms with Gasteiger partial charge in [-0.2, -0.15) is 5.26 Å². The summed E-state index contributed by atoms with van der Waals surface area (Å²) in [6.45, 7) is 5.80. The molecule has 3 amide bonds. The molecule has 2 aromatic rings. The average molecular weight is 422 g/mol. The van der Waals surface area contributed by atoms with Crippen LogP contribution in [0.4, 0.5) is 5.00 Å². The summed E-state index contributed by atoms with van der Waals surface area (Å²) in [6, 6.07) is 7.90. The molecule has 0 saturated heterocycles. The van der Waals surface area contributed by atoms with Crippen molar-refractivity contribution >= 4 is 34.1 Å². The van der Waals surface area contributed by atoms with Crippen LogP contribution in [-0.2, 0) is 17.6 Å². The van der Waals surface area contributed by atoms with E-state index in [4.69, 9.17) is 0 Å². The largest absolute Gasteiger partial charge is 0.315 e. The Morgan fingerprint density at radius 3 is 2.43 bits per heavy atom. The predicted molar refractivity (Wildman–Crippen MR) is 114 cm³/mol. The van der Waals surface area contributed by atoms with Gasteiger partial charge in [0.25, 0.3) is 11.8 Å². The van der Waals surface area contributed by atoms with Crippen molar-refractivity contribution in [3.8, 4) is 6.07 Å². The van der Waals surface area contributed by atoms with Crippen LogP contribution in [0.3, 0.4) is 0 Å². The summed E-state index contributed by atoms with van der Waals surface area (Å²) < 4.78 is 0. The highest BCUT2D eigenvalue weighted by Crippen LogP contribution is 2.39. The molecule has 2 heterocycles. The quantitative estimate of drug-likeness (QED) is 0.756. The first-order valence-corrected chi connectivity index (χ1v) is 11.0. The zero-order valence-electron chi connectivity index (χ0n) is 17.2. The summed E-state index contributed by atoms with van der Waals surface area (Å²) >= 11 is 1.44. The number of carbonyl (C=O) groups is 3. The lowest BCUT2D eigenvalue weighted by molar-refractivity contribution is -0.121. The van der Waals surface area contributed by atoms with Crippen LogP contribution in [0.15, 0.2) is 24.3 Å². The molecule has 0 spiro atoms. The van der Waals surface area contributed by atoms with E-state index in [1.54, 1.807) is 38.1 Å². The normalized spacial score (nSPS) is 18.8. The second-order valence-corrected chi connectivity index (χ2v) is 9.48. The van der Waals surface area contributed by atoms with Crippen molar-refractivity contribution in [3.63, 3.8) is 0 Å². The lowest BCUT2D eigenvalue weighted by Gasteiger charge is -2.28. The molecule has 4 rings (SSSR count). The topological polar surface area (TPSA) is 90.3 Å². The first-order valence-electron chi connectivity index (χ1n) is 10.2. The van der Waals surface area contributed by atoms with Gasteiger partial charge in [-0.3, -0.25) is 19.3 Å². The number of anilines is 1. The van der Waals surface area contributed by atoms with Gasteiger partial charge >= 0.3 is 0 Å². The number of imide groups is 1. The molecule has 0 radical (unpaired) electrons. The molecular weight excluding hydrogens is 398 g/mol. The van der Waals surface area contributed by atoms with Gasteiger partial charge in [-0.05, 0) is 48.8 Å². The van der Waals surface area contributed by atoms with Gasteiger partial charge < -0.3 is 5.32 Å². The Kier molecular flexibility index (Phi) is 5.20. The molecule has 1 aromatic heterocycles. The van der Waals surface area contributed by atoms with Crippen molar-refractivity contribution < 1.29 is 14.4 Å². The fourth-order valence-corrected chi connectivity index (χ4v) is 5.69. The van der Waals surface area contributed by atoms with Gasteiger partial charge in [-0.1, -0.05) is 32.9 Å². The number of fused-ring (bicyclic) bond motifs is 2. The van der Waals surface area contributed by atoms with E-state index in [-0.39, 0.29) is 5.92 Å². The Hall–Kier alpha value is -2.98. The predicted octanol–water partition coefficient (Wildman–Crippen LogP) is 4.00. The van der Waals surface area contributed by atoms with E-state index in [9.17, 15) is 19.6 Å². The third-order valence-electron chi connectivity index (χ3n) is 5.86. The molecule has 1 N–H and O–H groups in total. The van der Waals surface area contributed by atoms with E-state index >= 15 is 0 Å². The Morgan fingerprint density at radius 1 is 1.23 bits per heavy atom. The molecule has 2 atom stereocenters. The lowest BCUT2D eigenvalue weighted by Crippen LogP contribution is -2.50. The summed E-state index contributed by atoms with van der Waals surface area (Å²) in [5.74, 6) is -1.09. The Balaban J connectivity index is 1.65. The van der Waals surface area contributed by atoms with Crippen LogP contribution in [0, 0.1) is 23.2 Å². The molecule has 0 unspecified atom stereocenters. The molecule has 1 aliphatic carbocycles. The van der Waals surface area contributed by atoms with Gasteiger partial charge in [0.05, 0.1) is 16.7 Å². The average Bonchev–Trinajstić information content (AvgIpc) is 3.17. The summed E-state index contributed by atoms with van der Waals surface area (Å²) in [5, 5.41) is 13.1. The fraction of sp³-hybridized carbons (Fsp3) is 0.391. The zero-order valence-corrected chi connectivity index (χ0v) is 18.0. The monoisotopic (exact) mass is 421 g/mol. The Morgan fingerprint density at radius 2 is 1.87 bits per heavy atom. The van der Waals surface area contributed by atoms with E-state index in [2.05, 4.69) is 18.3 Å². The molecule has 6 nitrogen and oxygen atoms in total. The van der Waals surface area contributed by atoms with Crippen molar-refractivity contribution in [2.45, 2.75) is 46.1 Å². The summed E-state index contributed by atoms with van der Waals surface area (Å²) in [4.78, 5) is 41.3. The van der Waals surface area contributed by atoms with Gasteiger partial charge in [0.15, 0.2) is 0 Å². The van der Waals surface area contributed by atoms with Crippen molar-refractivity contribution in [2.24, 2.45) is 11.8 Å². The number of nitrogens with zero attached hydrogens (tertiary/aromatic N) is 2. The van der Waals surface area contributed by atoms with E-state index in [0.29, 0.717) is 27.6 Å². The highest BCUT2D eigenvalue weighted by atomic mass is 32.1. The number of rotatable bonds is 4. The maximum absolute atomic E-state index is 13.3. The highest BCUT2D eigenvalue weighted by molar-refractivity contribution is 7.16. The van der Waals surface area contributed by atoms with Crippen molar-refractivity contribution in [3.05, 3.63) is 51.4 Å². The first-order chi connectivity index (χ1) is 14.3. The number of hydrogen-bond acceptors (Lipinski definition) is 5. The lowest BCUT2D eigenvalue weighted by atomic mass is 9.88. The molecule has 2 aliphatic rings. The first kappa shape index (κ1) is 20.3. The SMILES string of the molecule is CC(C)[C@@H](C(=O)Nc1sc2c(c1C#N)CC[C@H](C)C2)N1C(=O)c2ccccc2C1=O. The third kappa shape index (κ3) is 3.21. The van der Waals surface area contributed by atoms with Crippen LogP contribution in [0.1, 0.15) is 63.9 Å². The van der Waals surface area contributed by atoms with Gasteiger partial charge in [0.2, 0.25) is 5.91 Å². The van der Waals surface area contributed by atoms with Crippen molar-refractivity contribution in [2.75, 3.05) is 5.32 Å². The smallest absolute Gasteiger partial charge is 0.262 e. The maximum atomic E-state index is 13.3. The van der Waals surface area contributed by atoms with Crippen LogP contribution < -0.4 is 5.32 Å². The van der Waals surface area contributed by atoms with E-state index in [0.717, 1.165) is 34.6 Å². The number of nitriles is 1. The summed E-state index contributed by atoms with van der Waals surface area (Å²) in [6.07, 6.45) is 2.75. The molecule has 0 fully saturated rings. The number of nitrogens with one attached hydrogen (secondary N) is 1. The maximum Gasteiger partial charge on any atom is 0.262 e. The molecule has 30 heavy (non-hydrogen) atoms. The number of amides is 3. The van der Waals surface area contributed by atoms with Gasteiger partial charge in [-0.15, -0.1) is 11.3 Å². The van der Waals surface area contributed by atoms with Gasteiger partial charge in [0.1, 0.15) is 17.1 Å². The van der Waals surface area contributed by atoms with Gasteiger partial charge in [-0.25, -0.2) is 0 Å². The third-order valence-corrected chi connectivity index (χ3v) is 7.03. The number of hydrogen-bond donors (Lipinski definition) is 1. The molecular formula is C23H23N3O3S. The second kappa shape index (κ2) is 7.69. The van der Waals surface area contributed by atoms with Crippen LogP contribution in [0.25, 0.3) is 0 Å². The molecule has 0 saturated carbocycles. The number of carbonyl (C=O) groups excluding carboxylic acids is 3. The Bertz CT molecular complexity index is 1060. The molecule has 1 aromatic carbocycles. The van der Waals surface area contributed by atoms with E-state index in [1.165, 1.54) is 11.3 Å². The standard InChI is InChI=1S/C23H23N3O3S/c1-12(2)19(26-22(28)15-6-4-5-7-16(15)23(26)29)20(27)25-21-17(11-24)14-9-8-13(3)10-18(14)30-21/h4-7,12-13,19H,8-10H2,1-3H3,(H,25,27)/t13-,19-/m0/s1. The van der Waals surface area contributed by atoms with Crippen LogP contribution >= 0.6 is 11.3 Å². The summed E-state index contributed by atoms with van der Waals surface area (Å²) in [7, 11) is 0. The molecule has 154 valence electrons.